The number of hydrogen-bond donors (Lipinski definition) is 2. The molecular formula is C27H45N5O5S2. The number of thiazole rings is 1. The summed E-state index contributed by atoms with van der Waals surface area (Å²) in [6.45, 7) is 6.18. The van der Waals surface area contributed by atoms with Crippen molar-refractivity contribution in [2.24, 2.45) is 11.8 Å². The standard InChI is InChI=1S/C27H45N5O5S2/c1-20-9-11-23(12-10-20)32(22-7-5-3-4-6-8-22)27(35)29-26-28-17-24(38-26)18-30-13-15-31(16-14-30)39(36,37)19-21(2)25(33)34/h17,20-23H,3-16,18-19H2,1-2H3,(H,33,34)(H,28,29,35). The summed E-state index contributed by atoms with van der Waals surface area (Å²) in [5.41, 5.74) is 0. The topological polar surface area (TPSA) is 123 Å². The highest BCUT2D eigenvalue weighted by atomic mass is 32.2. The number of amides is 2. The van der Waals surface area contributed by atoms with Crippen LogP contribution in [0.2, 0.25) is 0 Å². The molecular weight excluding hydrogens is 538 g/mol. The van der Waals surface area contributed by atoms with Crippen LogP contribution in [-0.4, -0.2) is 88.6 Å². The number of carbonyl (C=O) groups is 2. The van der Waals surface area contributed by atoms with Crippen LogP contribution in [0.5, 0.6) is 0 Å². The molecule has 0 radical (unpaired) electrons. The van der Waals surface area contributed by atoms with E-state index in [0.717, 1.165) is 36.5 Å². The third-order valence-corrected chi connectivity index (χ3v) is 11.6. The van der Waals surface area contributed by atoms with Gasteiger partial charge in [0.05, 0.1) is 11.7 Å². The fourth-order valence-electron chi connectivity index (χ4n) is 6.16. The van der Waals surface area contributed by atoms with Gasteiger partial charge in [0.15, 0.2) is 5.13 Å². The Morgan fingerprint density at radius 3 is 2.28 bits per heavy atom. The first kappa shape index (κ1) is 30.2. The number of nitrogens with zero attached hydrogens (tertiary/aromatic N) is 4. The van der Waals surface area contributed by atoms with Gasteiger partial charge in [0.2, 0.25) is 10.0 Å². The molecule has 220 valence electrons. The number of sulfonamides is 1. The van der Waals surface area contributed by atoms with Crippen molar-refractivity contribution in [1.82, 2.24) is 19.1 Å². The normalized spacial score (nSPS) is 25.1. The SMILES string of the molecule is CC1CCC(N(C(=O)Nc2ncc(CN3CCN(S(=O)(=O)CC(C)C(=O)O)CC3)s2)C2CCCCCC2)CC1. The van der Waals surface area contributed by atoms with Crippen LogP contribution >= 0.6 is 11.3 Å². The first-order valence-electron chi connectivity index (χ1n) is 14.6. The Morgan fingerprint density at radius 1 is 1.05 bits per heavy atom. The third-order valence-electron chi connectivity index (χ3n) is 8.59. The number of carbonyl (C=O) groups excluding carboxylic acids is 1. The summed E-state index contributed by atoms with van der Waals surface area (Å²) in [5, 5.41) is 12.8. The third kappa shape index (κ3) is 8.37. The number of aliphatic carboxylic acids is 1. The number of urea groups is 1. The van der Waals surface area contributed by atoms with Crippen molar-refractivity contribution in [2.45, 2.75) is 96.7 Å². The molecule has 1 aliphatic heterocycles. The molecule has 39 heavy (non-hydrogen) atoms. The second-order valence-electron chi connectivity index (χ2n) is 11.7. The lowest BCUT2D eigenvalue weighted by Gasteiger charge is -2.40. The van der Waals surface area contributed by atoms with Crippen LogP contribution in [0.15, 0.2) is 6.20 Å². The molecule has 12 heteroatoms. The minimum absolute atomic E-state index is 0.0169. The number of carboxylic acids is 1. The largest absolute Gasteiger partial charge is 0.481 e. The van der Waals surface area contributed by atoms with Crippen LogP contribution < -0.4 is 5.32 Å². The average Bonchev–Trinajstić information content (AvgIpc) is 3.15. The quantitative estimate of drug-likeness (QED) is 0.412. The van der Waals surface area contributed by atoms with Gasteiger partial charge in [-0.1, -0.05) is 39.5 Å². The van der Waals surface area contributed by atoms with Crippen molar-refractivity contribution in [3.63, 3.8) is 0 Å². The van der Waals surface area contributed by atoms with Crippen molar-refractivity contribution in [1.29, 1.82) is 0 Å². The number of rotatable bonds is 9. The van der Waals surface area contributed by atoms with E-state index in [2.05, 4.69) is 27.0 Å². The van der Waals surface area contributed by atoms with E-state index >= 15 is 0 Å². The van der Waals surface area contributed by atoms with Crippen molar-refractivity contribution in [2.75, 3.05) is 37.2 Å². The van der Waals surface area contributed by atoms with Gasteiger partial charge in [-0.25, -0.2) is 18.2 Å². The lowest BCUT2D eigenvalue weighted by molar-refractivity contribution is -0.140. The van der Waals surface area contributed by atoms with Gasteiger partial charge in [0, 0.05) is 55.9 Å². The highest BCUT2D eigenvalue weighted by molar-refractivity contribution is 7.89. The van der Waals surface area contributed by atoms with Crippen LogP contribution in [0, 0.1) is 11.8 Å². The molecule has 1 saturated heterocycles. The van der Waals surface area contributed by atoms with Crippen LogP contribution in [0.1, 0.15) is 82.9 Å². The van der Waals surface area contributed by atoms with Gasteiger partial charge >= 0.3 is 12.0 Å². The number of hydrogen-bond acceptors (Lipinski definition) is 7. The fraction of sp³-hybridized carbons (Fsp3) is 0.815. The minimum Gasteiger partial charge on any atom is -0.481 e. The number of aromatic nitrogens is 1. The Labute approximate surface area is 237 Å². The first-order chi connectivity index (χ1) is 18.6. The molecule has 10 nitrogen and oxygen atoms in total. The molecule has 0 bridgehead atoms. The zero-order valence-electron chi connectivity index (χ0n) is 23.4. The lowest BCUT2D eigenvalue weighted by atomic mass is 9.85. The molecule has 1 atom stereocenters. The van der Waals surface area contributed by atoms with Gasteiger partial charge in [-0.2, -0.15) is 4.31 Å². The van der Waals surface area contributed by atoms with Gasteiger partial charge in [-0.3, -0.25) is 15.0 Å². The van der Waals surface area contributed by atoms with E-state index in [1.807, 2.05) is 0 Å². The summed E-state index contributed by atoms with van der Waals surface area (Å²) < 4.78 is 26.6. The Kier molecular flexibility index (Phi) is 10.6. The molecule has 2 saturated carbocycles. The van der Waals surface area contributed by atoms with Crippen LogP contribution in [0.4, 0.5) is 9.93 Å². The molecule has 3 fully saturated rings. The number of nitrogens with one attached hydrogen (secondary N) is 1. The fourth-order valence-corrected chi connectivity index (χ4v) is 8.71. The summed E-state index contributed by atoms with van der Waals surface area (Å²) in [6.07, 6.45) is 13.4. The molecule has 4 rings (SSSR count). The number of carboxylic acid groups (broad SMARTS) is 1. The Morgan fingerprint density at radius 2 is 1.67 bits per heavy atom. The molecule has 1 unspecified atom stereocenters. The van der Waals surface area contributed by atoms with Crippen molar-refractivity contribution in [3.8, 4) is 0 Å². The summed E-state index contributed by atoms with van der Waals surface area (Å²) in [4.78, 5) is 34.6. The predicted octanol–water partition coefficient (Wildman–Crippen LogP) is 4.45. The summed E-state index contributed by atoms with van der Waals surface area (Å²) >= 11 is 1.48. The van der Waals surface area contributed by atoms with Crippen molar-refractivity contribution < 1.29 is 23.1 Å². The minimum atomic E-state index is -3.60. The zero-order chi connectivity index (χ0) is 28.0. The Balaban J connectivity index is 1.32. The molecule has 3 aliphatic rings. The molecule has 1 aromatic rings. The highest BCUT2D eigenvalue weighted by Gasteiger charge is 2.34. The summed E-state index contributed by atoms with van der Waals surface area (Å²) in [5.74, 6) is -1.68. The summed E-state index contributed by atoms with van der Waals surface area (Å²) in [7, 11) is -3.60. The van der Waals surface area contributed by atoms with Crippen LogP contribution in [0.25, 0.3) is 0 Å². The molecule has 2 N–H and O–H groups in total. The van der Waals surface area contributed by atoms with E-state index in [4.69, 9.17) is 5.11 Å². The van der Waals surface area contributed by atoms with Gasteiger partial charge < -0.3 is 10.0 Å². The van der Waals surface area contributed by atoms with E-state index in [1.54, 1.807) is 6.20 Å². The van der Waals surface area contributed by atoms with E-state index in [9.17, 15) is 18.0 Å². The number of piperazine rings is 1. The maximum atomic E-state index is 13.6. The van der Waals surface area contributed by atoms with E-state index in [-0.39, 0.29) is 11.8 Å². The van der Waals surface area contributed by atoms with Gasteiger partial charge in [-0.05, 0) is 44.4 Å². The maximum Gasteiger partial charge on any atom is 0.324 e. The second kappa shape index (κ2) is 13.7. The maximum absolute atomic E-state index is 13.6. The van der Waals surface area contributed by atoms with E-state index in [1.165, 1.54) is 61.1 Å². The van der Waals surface area contributed by atoms with E-state index < -0.39 is 21.9 Å². The monoisotopic (exact) mass is 583 g/mol. The Bertz CT molecular complexity index is 1060. The van der Waals surface area contributed by atoms with Crippen molar-refractivity contribution >= 4 is 38.5 Å². The van der Waals surface area contributed by atoms with Gasteiger partial charge in [-0.15, -0.1) is 11.3 Å². The van der Waals surface area contributed by atoms with E-state index in [0.29, 0.717) is 49.9 Å². The lowest BCUT2D eigenvalue weighted by Crippen LogP contribution is -2.50. The van der Waals surface area contributed by atoms with Gasteiger partial charge in [0.25, 0.3) is 0 Å². The highest BCUT2D eigenvalue weighted by Crippen LogP contribution is 2.33. The molecule has 0 aromatic carbocycles. The van der Waals surface area contributed by atoms with Crippen molar-refractivity contribution in [3.05, 3.63) is 11.1 Å². The smallest absolute Gasteiger partial charge is 0.324 e. The zero-order valence-corrected chi connectivity index (χ0v) is 25.0. The molecule has 0 spiro atoms. The average molecular weight is 584 g/mol. The van der Waals surface area contributed by atoms with Crippen LogP contribution in [-0.2, 0) is 21.4 Å². The Hall–Kier alpha value is -1.76. The summed E-state index contributed by atoms with van der Waals surface area (Å²) in [6, 6.07) is 0.586. The predicted molar refractivity (Wildman–Crippen MR) is 153 cm³/mol. The molecule has 2 aliphatic carbocycles. The molecule has 2 amide bonds. The second-order valence-corrected chi connectivity index (χ2v) is 14.9. The van der Waals surface area contributed by atoms with Gasteiger partial charge in [0.1, 0.15) is 0 Å². The van der Waals surface area contributed by atoms with Crippen LogP contribution in [0.3, 0.4) is 0 Å². The number of anilines is 1. The molecule has 2 heterocycles. The molecule has 1 aromatic heterocycles. The first-order valence-corrected chi connectivity index (χ1v) is 17.0.